The molecule has 1 saturated heterocycles. The second kappa shape index (κ2) is 5.35. The van der Waals surface area contributed by atoms with Crippen LogP contribution in [-0.2, 0) is 4.79 Å². The lowest BCUT2D eigenvalue weighted by atomic mass is 9.82. The third-order valence-electron chi connectivity index (χ3n) is 4.08. The van der Waals surface area contributed by atoms with Gasteiger partial charge < -0.3 is 15.7 Å². The number of nitrogens with zero attached hydrogens (tertiary/aromatic N) is 2. The molecule has 1 aliphatic heterocycles. The van der Waals surface area contributed by atoms with Crippen LogP contribution >= 0.6 is 0 Å². The highest BCUT2D eigenvalue weighted by atomic mass is 16.4. The number of carbonyl (C=O) groups is 2. The van der Waals surface area contributed by atoms with E-state index in [9.17, 15) is 14.7 Å². The van der Waals surface area contributed by atoms with Crippen molar-refractivity contribution in [2.45, 2.75) is 33.6 Å². The Kier molecular flexibility index (Phi) is 3.89. The normalized spacial score (nSPS) is 22.1. The highest BCUT2D eigenvalue weighted by Gasteiger charge is 2.39. The number of hydrogen-bond acceptors (Lipinski definition) is 4. The van der Waals surface area contributed by atoms with Crippen LogP contribution in [0, 0.1) is 19.3 Å². The SMILES string of the molecule is Cc1cc(C)c(C(N)=O)c(N2CCCC(C)(C(=O)O)C2)n1. The lowest BCUT2D eigenvalue weighted by Crippen LogP contribution is -2.47. The van der Waals surface area contributed by atoms with Gasteiger partial charge in [-0.1, -0.05) is 0 Å². The van der Waals surface area contributed by atoms with Crippen LogP contribution in [0.3, 0.4) is 0 Å². The number of anilines is 1. The number of pyridine rings is 1. The van der Waals surface area contributed by atoms with Gasteiger partial charge in [0, 0.05) is 18.8 Å². The lowest BCUT2D eigenvalue weighted by molar-refractivity contribution is -0.148. The first kappa shape index (κ1) is 15.3. The topological polar surface area (TPSA) is 96.5 Å². The molecule has 1 aliphatic rings. The summed E-state index contributed by atoms with van der Waals surface area (Å²) in [7, 11) is 0. The van der Waals surface area contributed by atoms with E-state index in [1.165, 1.54) is 0 Å². The highest BCUT2D eigenvalue weighted by Crippen LogP contribution is 2.33. The Balaban J connectivity index is 2.46. The van der Waals surface area contributed by atoms with E-state index in [1.807, 2.05) is 24.8 Å². The van der Waals surface area contributed by atoms with E-state index in [4.69, 9.17) is 5.73 Å². The third kappa shape index (κ3) is 2.84. The predicted molar refractivity (Wildman–Crippen MR) is 79.4 cm³/mol. The molecule has 1 aromatic heterocycles. The minimum atomic E-state index is -0.827. The van der Waals surface area contributed by atoms with Crippen molar-refractivity contribution in [1.82, 2.24) is 4.98 Å². The van der Waals surface area contributed by atoms with E-state index in [1.54, 1.807) is 6.92 Å². The number of piperidine rings is 1. The molecule has 114 valence electrons. The van der Waals surface area contributed by atoms with E-state index in [2.05, 4.69) is 4.98 Å². The number of carboxylic acid groups (broad SMARTS) is 1. The van der Waals surface area contributed by atoms with Crippen LogP contribution in [0.25, 0.3) is 0 Å². The molecular weight excluding hydrogens is 270 g/mol. The van der Waals surface area contributed by atoms with Gasteiger partial charge in [-0.05, 0) is 45.2 Å². The van der Waals surface area contributed by atoms with Gasteiger partial charge in [-0.25, -0.2) is 4.98 Å². The van der Waals surface area contributed by atoms with Crippen LogP contribution in [0.15, 0.2) is 6.07 Å². The van der Waals surface area contributed by atoms with Gasteiger partial charge in [-0.2, -0.15) is 0 Å². The fourth-order valence-electron chi connectivity index (χ4n) is 2.95. The number of hydrogen-bond donors (Lipinski definition) is 2. The Hall–Kier alpha value is -2.11. The maximum atomic E-state index is 11.7. The van der Waals surface area contributed by atoms with Gasteiger partial charge >= 0.3 is 5.97 Å². The van der Waals surface area contributed by atoms with E-state index in [0.717, 1.165) is 17.7 Å². The molecule has 0 aliphatic carbocycles. The minimum absolute atomic E-state index is 0.332. The van der Waals surface area contributed by atoms with Crippen molar-refractivity contribution < 1.29 is 14.7 Å². The molecule has 1 fully saturated rings. The Labute approximate surface area is 124 Å². The molecule has 3 N–H and O–H groups in total. The molecule has 0 spiro atoms. The maximum absolute atomic E-state index is 11.7. The highest BCUT2D eigenvalue weighted by molar-refractivity contribution is 5.99. The second-order valence-corrected chi connectivity index (χ2v) is 6.03. The van der Waals surface area contributed by atoms with Crippen LogP contribution in [0.5, 0.6) is 0 Å². The molecule has 6 heteroatoms. The van der Waals surface area contributed by atoms with Gasteiger partial charge in [0.1, 0.15) is 5.82 Å². The fraction of sp³-hybridized carbons (Fsp3) is 0.533. The van der Waals surface area contributed by atoms with Crippen molar-refractivity contribution in [3.63, 3.8) is 0 Å². The zero-order valence-corrected chi connectivity index (χ0v) is 12.6. The largest absolute Gasteiger partial charge is 0.481 e. The molecule has 0 radical (unpaired) electrons. The average Bonchev–Trinajstić information content (AvgIpc) is 2.37. The summed E-state index contributed by atoms with van der Waals surface area (Å²) in [5.41, 5.74) is 6.59. The summed E-state index contributed by atoms with van der Waals surface area (Å²) in [5, 5.41) is 9.41. The van der Waals surface area contributed by atoms with Crippen molar-refractivity contribution in [2.75, 3.05) is 18.0 Å². The Morgan fingerprint density at radius 1 is 1.43 bits per heavy atom. The smallest absolute Gasteiger partial charge is 0.311 e. The first-order valence-electron chi connectivity index (χ1n) is 7.01. The molecule has 21 heavy (non-hydrogen) atoms. The first-order valence-corrected chi connectivity index (χ1v) is 7.01. The zero-order valence-electron chi connectivity index (χ0n) is 12.6. The summed E-state index contributed by atoms with van der Waals surface area (Å²) in [6.45, 7) is 6.41. The standard InChI is InChI=1S/C15H21N3O3/c1-9-7-10(2)17-13(11(9)12(16)19)18-6-4-5-15(3,8-18)14(20)21/h7H,4-6,8H2,1-3H3,(H2,16,19)(H,20,21). The minimum Gasteiger partial charge on any atom is -0.481 e. The molecule has 0 aromatic carbocycles. The average molecular weight is 291 g/mol. The van der Waals surface area contributed by atoms with E-state index < -0.39 is 17.3 Å². The van der Waals surface area contributed by atoms with E-state index in [-0.39, 0.29) is 0 Å². The Morgan fingerprint density at radius 3 is 2.67 bits per heavy atom. The number of primary amides is 1. The number of aromatic nitrogens is 1. The number of carboxylic acids is 1. The van der Waals surface area contributed by atoms with Crippen molar-refractivity contribution >= 4 is 17.7 Å². The Bertz CT molecular complexity index is 600. The van der Waals surface area contributed by atoms with Gasteiger partial charge in [-0.15, -0.1) is 0 Å². The quantitative estimate of drug-likeness (QED) is 0.879. The maximum Gasteiger partial charge on any atom is 0.311 e. The monoisotopic (exact) mass is 291 g/mol. The molecule has 1 aromatic rings. The molecule has 0 bridgehead atoms. The van der Waals surface area contributed by atoms with Crippen LogP contribution in [0.1, 0.15) is 41.4 Å². The third-order valence-corrected chi connectivity index (χ3v) is 4.08. The molecule has 2 heterocycles. The van der Waals surface area contributed by atoms with Crippen molar-refractivity contribution in [3.05, 3.63) is 22.9 Å². The van der Waals surface area contributed by atoms with Crippen molar-refractivity contribution in [1.29, 1.82) is 0 Å². The molecule has 2 rings (SSSR count). The summed E-state index contributed by atoms with van der Waals surface area (Å²) >= 11 is 0. The van der Waals surface area contributed by atoms with Crippen LogP contribution < -0.4 is 10.6 Å². The fourth-order valence-corrected chi connectivity index (χ4v) is 2.95. The summed E-state index contributed by atoms with van der Waals surface area (Å²) in [6.07, 6.45) is 1.37. The first-order chi connectivity index (χ1) is 9.74. The van der Waals surface area contributed by atoms with Crippen LogP contribution in [0.4, 0.5) is 5.82 Å². The zero-order chi connectivity index (χ0) is 15.8. The van der Waals surface area contributed by atoms with E-state index in [0.29, 0.717) is 30.9 Å². The second-order valence-electron chi connectivity index (χ2n) is 6.03. The number of carbonyl (C=O) groups excluding carboxylic acids is 1. The summed E-state index contributed by atoms with van der Waals surface area (Å²) in [6, 6.07) is 1.81. The number of aryl methyl sites for hydroxylation is 2. The molecule has 6 nitrogen and oxygen atoms in total. The molecule has 1 unspecified atom stereocenters. The van der Waals surface area contributed by atoms with Crippen molar-refractivity contribution in [2.24, 2.45) is 11.1 Å². The van der Waals surface area contributed by atoms with Gasteiger partial charge in [0.15, 0.2) is 0 Å². The number of nitrogens with two attached hydrogens (primary N) is 1. The predicted octanol–water partition coefficient (Wildman–Crippen LogP) is 1.49. The molecule has 1 amide bonds. The molecular formula is C15H21N3O3. The van der Waals surface area contributed by atoms with Crippen LogP contribution in [0.2, 0.25) is 0 Å². The summed E-state index contributed by atoms with van der Waals surface area (Å²) < 4.78 is 0. The number of aliphatic carboxylic acids is 1. The number of amides is 1. The Morgan fingerprint density at radius 2 is 2.10 bits per heavy atom. The molecule has 0 saturated carbocycles. The van der Waals surface area contributed by atoms with Crippen LogP contribution in [-0.4, -0.2) is 35.1 Å². The lowest BCUT2D eigenvalue weighted by Gasteiger charge is -2.39. The van der Waals surface area contributed by atoms with Gasteiger partial charge in [0.2, 0.25) is 0 Å². The summed E-state index contributed by atoms with van der Waals surface area (Å²) in [5.74, 6) is -0.845. The van der Waals surface area contributed by atoms with Gasteiger partial charge in [0.25, 0.3) is 5.91 Å². The number of rotatable bonds is 3. The van der Waals surface area contributed by atoms with Gasteiger partial charge in [0.05, 0.1) is 11.0 Å². The van der Waals surface area contributed by atoms with E-state index >= 15 is 0 Å². The summed E-state index contributed by atoms with van der Waals surface area (Å²) in [4.78, 5) is 29.5. The van der Waals surface area contributed by atoms with Crippen molar-refractivity contribution in [3.8, 4) is 0 Å². The molecule has 1 atom stereocenters. The van der Waals surface area contributed by atoms with Gasteiger partial charge in [-0.3, -0.25) is 9.59 Å².